The van der Waals surface area contributed by atoms with E-state index in [2.05, 4.69) is 36.9 Å². The first-order valence-corrected chi connectivity index (χ1v) is 14.7. The molecular formula is C35H30Cl2LiNO5. The van der Waals surface area contributed by atoms with Crippen LogP contribution in [0.2, 0.25) is 5.02 Å². The first-order chi connectivity index (χ1) is 20.7. The van der Waals surface area contributed by atoms with Crippen LogP contribution in [-0.2, 0) is 19.4 Å². The van der Waals surface area contributed by atoms with Crippen molar-refractivity contribution in [1.82, 2.24) is 0 Å². The number of carboxylic acids is 1. The molecule has 0 aliphatic rings. The quantitative estimate of drug-likeness (QED) is 0.0709. The molecule has 0 atom stereocenters. The van der Waals surface area contributed by atoms with E-state index >= 15 is 0 Å². The van der Waals surface area contributed by atoms with Gasteiger partial charge in [-0.2, -0.15) is 0 Å². The van der Waals surface area contributed by atoms with Crippen molar-refractivity contribution in [2.45, 2.75) is 39.7 Å². The van der Waals surface area contributed by atoms with Gasteiger partial charge < -0.3 is 19.4 Å². The van der Waals surface area contributed by atoms with E-state index in [1.807, 2.05) is 18.2 Å². The molecule has 0 bridgehead atoms. The number of hydrogen-bond donors (Lipinski definition) is 0. The van der Waals surface area contributed by atoms with Crippen molar-refractivity contribution in [3.8, 4) is 22.6 Å². The molecule has 9 heteroatoms. The van der Waals surface area contributed by atoms with Crippen LogP contribution in [0.15, 0.2) is 66.7 Å². The number of carbonyl (C=O) groups excluding carboxylic acids is 2. The summed E-state index contributed by atoms with van der Waals surface area (Å²) in [5.41, 5.74) is 7.22. The molecular weight excluding hydrogens is 592 g/mol. The second kappa shape index (κ2) is 16.4. The average Bonchev–Trinajstić information content (AvgIpc) is 3.01. The van der Waals surface area contributed by atoms with Gasteiger partial charge in [-0.15, -0.1) is 11.6 Å². The molecule has 0 saturated heterocycles. The molecule has 0 fully saturated rings. The Bertz CT molecular complexity index is 1700. The monoisotopic (exact) mass is 621 g/mol. The van der Waals surface area contributed by atoms with Gasteiger partial charge in [0.25, 0.3) is 0 Å². The van der Waals surface area contributed by atoms with E-state index in [1.165, 1.54) is 18.2 Å². The first-order valence-electron chi connectivity index (χ1n) is 13.8. The van der Waals surface area contributed by atoms with E-state index in [1.54, 1.807) is 12.1 Å². The molecule has 6 nitrogen and oxygen atoms in total. The minimum absolute atomic E-state index is 0. The fourth-order valence-electron chi connectivity index (χ4n) is 4.94. The molecule has 4 aromatic rings. The zero-order valence-corrected chi connectivity index (χ0v) is 26.4. The van der Waals surface area contributed by atoms with Gasteiger partial charge >= 0.3 is 18.9 Å². The molecule has 0 aromatic heterocycles. The average molecular weight is 622 g/mol. The third-order valence-electron chi connectivity index (χ3n) is 7.26. The second-order valence-electron chi connectivity index (χ2n) is 10.1. The fourth-order valence-corrected chi connectivity index (χ4v) is 5.31. The number of benzene rings is 4. The summed E-state index contributed by atoms with van der Waals surface area (Å²) in [5, 5.41) is 11.8. The SMILES string of the molecule is [C-]#[N+]c1cc(COc2cc(CCc3cccc(-c4cccc(OCCCCl)c4C)c3C)c(Cl)cc2C=O)cc(C(=O)[O-])c1.[Li+]. The normalized spacial score (nSPS) is 10.4. The largest absolute Gasteiger partial charge is 1.00 e. The topological polar surface area (TPSA) is 80.0 Å². The maximum Gasteiger partial charge on any atom is 1.00 e. The van der Waals surface area contributed by atoms with E-state index in [-0.39, 0.29) is 42.3 Å². The Kier molecular flexibility index (Phi) is 12.9. The van der Waals surface area contributed by atoms with Crippen molar-refractivity contribution >= 4 is 41.1 Å². The summed E-state index contributed by atoms with van der Waals surface area (Å²) in [6.07, 6.45) is 2.74. The van der Waals surface area contributed by atoms with Gasteiger partial charge in [0.05, 0.1) is 24.7 Å². The number of hydrogen-bond acceptors (Lipinski definition) is 5. The van der Waals surface area contributed by atoms with Crippen LogP contribution in [0, 0.1) is 20.4 Å². The van der Waals surface area contributed by atoms with Crippen LogP contribution in [0.1, 0.15) is 55.0 Å². The van der Waals surface area contributed by atoms with Crippen molar-refractivity contribution in [1.29, 1.82) is 0 Å². The van der Waals surface area contributed by atoms with Crippen LogP contribution in [0.3, 0.4) is 0 Å². The van der Waals surface area contributed by atoms with Gasteiger partial charge in [0.15, 0.2) is 12.0 Å². The predicted octanol–water partition coefficient (Wildman–Crippen LogP) is 4.73. The summed E-state index contributed by atoms with van der Waals surface area (Å²) in [7, 11) is 0. The Balaban J connectivity index is 0.00000529. The third-order valence-corrected chi connectivity index (χ3v) is 7.88. The maximum atomic E-state index is 11.8. The molecule has 4 aromatic carbocycles. The van der Waals surface area contributed by atoms with Gasteiger partial charge in [0, 0.05) is 10.9 Å². The van der Waals surface area contributed by atoms with E-state index < -0.39 is 5.97 Å². The Hall–Kier alpha value is -3.71. The fraction of sp³-hybridized carbons (Fsp3) is 0.229. The number of aryl methyl sites for hydroxylation is 2. The Morgan fingerprint density at radius 3 is 2.32 bits per heavy atom. The Labute approximate surface area is 279 Å². The maximum absolute atomic E-state index is 11.8. The number of halogens is 2. The molecule has 0 aliphatic heterocycles. The summed E-state index contributed by atoms with van der Waals surface area (Å²) < 4.78 is 11.9. The standard InChI is InChI=1S/C35H31Cl2NO5.Li/c1-22-25(7-4-8-30(22)31-9-5-10-33(23(31)2)42-14-6-13-36)11-12-26-19-34(28(20-39)18-32(26)37)43-21-24-15-27(35(40)41)17-29(16-24)38-3;/h4-5,7-10,15-20H,6,11-14,21H2,1-2H3,(H,40,41);/q;+1/p-1. The molecule has 0 aliphatic carbocycles. The van der Waals surface area contributed by atoms with Gasteiger partial charge in [0.2, 0.25) is 0 Å². The summed E-state index contributed by atoms with van der Waals surface area (Å²) in [6, 6.07) is 19.8. The molecule has 220 valence electrons. The van der Waals surface area contributed by atoms with Crippen LogP contribution in [-0.4, -0.2) is 24.7 Å². The number of aldehydes is 1. The van der Waals surface area contributed by atoms with E-state index in [0.717, 1.165) is 45.6 Å². The second-order valence-corrected chi connectivity index (χ2v) is 10.9. The minimum atomic E-state index is -1.38. The molecule has 0 spiro atoms. The number of carbonyl (C=O) groups is 2. The summed E-state index contributed by atoms with van der Waals surface area (Å²) >= 11 is 12.4. The number of alkyl halides is 1. The zero-order valence-electron chi connectivity index (χ0n) is 24.9. The van der Waals surface area contributed by atoms with Crippen LogP contribution in [0.4, 0.5) is 5.69 Å². The number of rotatable bonds is 13. The Morgan fingerprint density at radius 1 is 0.932 bits per heavy atom. The molecule has 0 saturated carbocycles. The van der Waals surface area contributed by atoms with Gasteiger partial charge in [-0.1, -0.05) is 41.9 Å². The molecule has 0 unspecified atom stereocenters. The number of carboxylic acid groups (broad SMARTS) is 1. The molecule has 4 rings (SSSR count). The van der Waals surface area contributed by atoms with Crippen LogP contribution >= 0.6 is 23.2 Å². The Morgan fingerprint density at radius 2 is 1.64 bits per heavy atom. The van der Waals surface area contributed by atoms with Crippen LogP contribution in [0.25, 0.3) is 16.0 Å². The van der Waals surface area contributed by atoms with Crippen molar-refractivity contribution in [2.75, 3.05) is 12.5 Å². The first kappa shape index (κ1) is 34.8. The summed E-state index contributed by atoms with van der Waals surface area (Å²) in [4.78, 5) is 26.5. The van der Waals surface area contributed by atoms with Crippen LogP contribution < -0.4 is 33.4 Å². The number of nitrogens with zero attached hydrogens (tertiary/aromatic N) is 1. The molecule has 44 heavy (non-hydrogen) atoms. The predicted molar refractivity (Wildman–Crippen MR) is 168 cm³/mol. The summed E-state index contributed by atoms with van der Waals surface area (Å²) in [6.45, 7) is 11.9. The van der Waals surface area contributed by atoms with E-state index in [9.17, 15) is 14.7 Å². The number of aromatic carboxylic acids is 1. The van der Waals surface area contributed by atoms with Crippen LogP contribution in [0.5, 0.6) is 11.5 Å². The van der Waals surface area contributed by atoms with Crippen molar-refractivity contribution in [3.63, 3.8) is 0 Å². The molecule has 0 amide bonds. The third kappa shape index (κ3) is 8.47. The van der Waals surface area contributed by atoms with Crippen molar-refractivity contribution < 1.29 is 43.0 Å². The molecule has 0 N–H and O–H groups in total. The van der Waals surface area contributed by atoms with Crippen molar-refractivity contribution in [3.05, 3.63) is 122 Å². The zero-order chi connectivity index (χ0) is 30.9. The van der Waals surface area contributed by atoms with E-state index in [0.29, 0.717) is 48.0 Å². The van der Waals surface area contributed by atoms with Crippen molar-refractivity contribution in [2.24, 2.45) is 0 Å². The van der Waals surface area contributed by atoms with Gasteiger partial charge in [-0.25, -0.2) is 4.85 Å². The molecule has 0 heterocycles. The van der Waals surface area contributed by atoms with Gasteiger partial charge in [-0.3, -0.25) is 4.79 Å². The number of ether oxygens (including phenoxy) is 2. The van der Waals surface area contributed by atoms with Gasteiger partial charge in [0.1, 0.15) is 18.1 Å². The van der Waals surface area contributed by atoms with E-state index in [4.69, 9.17) is 39.2 Å². The summed E-state index contributed by atoms with van der Waals surface area (Å²) in [5.74, 6) is 0.341. The smallest absolute Gasteiger partial charge is 0.545 e. The van der Waals surface area contributed by atoms with Gasteiger partial charge in [-0.05, 0) is 114 Å². The molecule has 0 radical (unpaired) electrons. The minimum Gasteiger partial charge on any atom is -0.545 e.